The zero-order valence-electron chi connectivity index (χ0n) is 15.4. The van der Waals surface area contributed by atoms with Crippen LogP contribution in [0.25, 0.3) is 10.8 Å². The van der Waals surface area contributed by atoms with Crippen LogP contribution < -0.4 is 21.6 Å². The fourth-order valence-electron chi connectivity index (χ4n) is 2.60. The quantitative estimate of drug-likeness (QED) is 0.141. The summed E-state index contributed by atoms with van der Waals surface area (Å²) in [6, 6.07) is 16.4. The maximum absolute atomic E-state index is 12.4. The van der Waals surface area contributed by atoms with Crippen molar-refractivity contribution in [2.24, 2.45) is 32.1 Å². The van der Waals surface area contributed by atoms with Crippen LogP contribution in [0.3, 0.4) is 0 Å². The minimum absolute atomic E-state index is 0.00939. The Bertz CT molecular complexity index is 1170. The Balaban J connectivity index is 1.75. The van der Waals surface area contributed by atoms with Gasteiger partial charge in [-0.1, -0.05) is 23.3 Å². The second kappa shape index (κ2) is 9.01. The SMILES string of the molecule is NC(=Nc1ccc(C(=O)Oc2ccc3cc(/C(N)=N\N=O)ccc3c2)cc1)NN=O. The number of rotatable bonds is 6. The zero-order chi connectivity index (χ0) is 21.5. The summed E-state index contributed by atoms with van der Waals surface area (Å²) < 4.78 is 5.41. The number of aliphatic imine (C=N–C) groups is 1. The van der Waals surface area contributed by atoms with Gasteiger partial charge in [-0.3, -0.25) is 0 Å². The first-order chi connectivity index (χ1) is 14.5. The van der Waals surface area contributed by atoms with E-state index in [1.807, 2.05) is 5.43 Å². The van der Waals surface area contributed by atoms with Crippen LogP contribution >= 0.6 is 0 Å². The second-order valence-electron chi connectivity index (χ2n) is 5.93. The highest BCUT2D eigenvalue weighted by Crippen LogP contribution is 2.23. The lowest BCUT2D eigenvalue weighted by Gasteiger charge is -2.07. The van der Waals surface area contributed by atoms with Gasteiger partial charge >= 0.3 is 5.97 Å². The third-order valence-electron chi connectivity index (χ3n) is 3.98. The van der Waals surface area contributed by atoms with E-state index in [4.69, 9.17) is 16.2 Å². The molecule has 11 nitrogen and oxygen atoms in total. The first-order valence-electron chi connectivity index (χ1n) is 8.45. The molecule has 0 radical (unpaired) electrons. The van der Waals surface area contributed by atoms with Crippen molar-refractivity contribution in [2.45, 2.75) is 0 Å². The van der Waals surface area contributed by atoms with Crippen molar-refractivity contribution < 1.29 is 9.53 Å². The molecule has 0 aromatic heterocycles. The van der Waals surface area contributed by atoms with E-state index in [1.165, 1.54) is 24.3 Å². The van der Waals surface area contributed by atoms with Crippen molar-refractivity contribution in [1.29, 1.82) is 0 Å². The fraction of sp³-hybridized carbons (Fsp3) is 0. The molecule has 0 aliphatic carbocycles. The van der Waals surface area contributed by atoms with Gasteiger partial charge in [-0.25, -0.2) is 15.2 Å². The topological polar surface area (TPSA) is 174 Å². The largest absolute Gasteiger partial charge is 0.423 e. The van der Waals surface area contributed by atoms with Gasteiger partial charge in [-0.05, 0) is 53.2 Å². The van der Waals surface area contributed by atoms with E-state index in [0.717, 1.165) is 10.8 Å². The summed E-state index contributed by atoms with van der Waals surface area (Å²) >= 11 is 0. The molecule has 3 rings (SSSR count). The molecule has 0 atom stereocenters. The van der Waals surface area contributed by atoms with E-state index in [-0.39, 0.29) is 11.8 Å². The summed E-state index contributed by atoms with van der Waals surface area (Å²) in [5, 5.41) is 9.72. The number of nitrogens with zero attached hydrogens (tertiary/aromatic N) is 4. The molecule has 5 N–H and O–H groups in total. The van der Waals surface area contributed by atoms with Gasteiger partial charge in [0.1, 0.15) is 5.75 Å². The summed E-state index contributed by atoms with van der Waals surface area (Å²) in [6.07, 6.45) is 0. The van der Waals surface area contributed by atoms with Crippen molar-refractivity contribution in [3.63, 3.8) is 0 Å². The van der Waals surface area contributed by atoms with Gasteiger partial charge in [0.2, 0.25) is 5.96 Å². The lowest BCUT2D eigenvalue weighted by atomic mass is 10.1. The van der Waals surface area contributed by atoms with Gasteiger partial charge in [0.15, 0.2) is 5.84 Å². The van der Waals surface area contributed by atoms with Crippen molar-refractivity contribution in [3.8, 4) is 5.75 Å². The molecule has 30 heavy (non-hydrogen) atoms. The third-order valence-corrected chi connectivity index (χ3v) is 3.98. The Morgan fingerprint density at radius 1 is 0.867 bits per heavy atom. The molecule has 0 bridgehead atoms. The Kier molecular flexibility index (Phi) is 6.03. The van der Waals surface area contributed by atoms with E-state index in [1.54, 1.807) is 36.4 Å². The van der Waals surface area contributed by atoms with Crippen molar-refractivity contribution in [1.82, 2.24) is 5.43 Å². The Morgan fingerprint density at radius 2 is 1.53 bits per heavy atom. The number of hydrogen-bond acceptors (Lipinski definition) is 7. The van der Waals surface area contributed by atoms with Crippen molar-refractivity contribution in [3.05, 3.63) is 81.6 Å². The van der Waals surface area contributed by atoms with Crippen LogP contribution in [0.15, 0.2) is 81.3 Å². The number of guanidine groups is 1. The highest BCUT2D eigenvalue weighted by atomic mass is 16.5. The van der Waals surface area contributed by atoms with Crippen molar-refractivity contribution >= 4 is 34.2 Å². The molecule has 3 aromatic rings. The number of carbonyl (C=O) groups is 1. The minimum Gasteiger partial charge on any atom is -0.423 e. The maximum Gasteiger partial charge on any atom is 0.343 e. The summed E-state index contributed by atoms with van der Waals surface area (Å²) in [4.78, 5) is 36.6. The monoisotopic (exact) mass is 405 g/mol. The van der Waals surface area contributed by atoms with Crippen LogP contribution in [-0.4, -0.2) is 17.8 Å². The standard InChI is InChI=1S/C19H15N7O4/c20-17(23-25-28)14-2-1-13-10-16(8-5-12(13)9-14)30-18(27)11-3-6-15(7-4-11)22-19(21)24-26-29/h1-10H,(H2,20,23,28)(H3,21,22,24,29). The number of nitrogens with one attached hydrogen (secondary N) is 1. The van der Waals surface area contributed by atoms with E-state index >= 15 is 0 Å². The van der Waals surface area contributed by atoms with Crippen molar-refractivity contribution in [2.75, 3.05) is 0 Å². The summed E-state index contributed by atoms with van der Waals surface area (Å²) in [5.41, 5.74) is 14.3. The summed E-state index contributed by atoms with van der Waals surface area (Å²) in [7, 11) is 0. The molecular formula is C19H15N7O4. The highest BCUT2D eigenvalue weighted by molar-refractivity contribution is 6.01. The molecule has 0 heterocycles. The maximum atomic E-state index is 12.4. The second-order valence-corrected chi connectivity index (χ2v) is 5.93. The molecule has 0 saturated carbocycles. The summed E-state index contributed by atoms with van der Waals surface area (Å²) in [6.45, 7) is 0. The van der Waals surface area contributed by atoms with Gasteiger partial charge in [0, 0.05) is 5.56 Å². The van der Waals surface area contributed by atoms with E-state index in [9.17, 15) is 14.6 Å². The van der Waals surface area contributed by atoms with Gasteiger partial charge in [0.05, 0.1) is 21.8 Å². The van der Waals surface area contributed by atoms with Crippen LogP contribution in [0.5, 0.6) is 5.75 Å². The Labute approximate surface area is 169 Å². The molecule has 0 aliphatic heterocycles. The number of esters is 1. The molecule has 0 spiro atoms. The van der Waals surface area contributed by atoms with E-state index in [2.05, 4.69) is 20.7 Å². The number of benzene rings is 3. The summed E-state index contributed by atoms with van der Waals surface area (Å²) in [5.74, 6) is -0.370. The lowest BCUT2D eigenvalue weighted by molar-refractivity contribution is 0.0735. The molecule has 150 valence electrons. The molecular weight excluding hydrogens is 390 g/mol. The predicted octanol–water partition coefficient (Wildman–Crippen LogP) is 2.66. The average Bonchev–Trinajstić information content (AvgIpc) is 2.74. The third kappa shape index (κ3) is 4.78. The lowest BCUT2D eigenvalue weighted by Crippen LogP contribution is -2.25. The number of hydrogen-bond donors (Lipinski definition) is 3. The van der Waals surface area contributed by atoms with Gasteiger partial charge in [-0.15, -0.1) is 9.81 Å². The number of nitrogens with two attached hydrogens (primary N) is 2. The Hall–Kier alpha value is -4.67. The smallest absolute Gasteiger partial charge is 0.343 e. The predicted molar refractivity (Wildman–Crippen MR) is 112 cm³/mol. The first kappa shape index (κ1) is 20.1. The molecule has 0 fully saturated rings. The average molecular weight is 405 g/mol. The number of amidine groups is 1. The molecule has 0 aliphatic rings. The van der Waals surface area contributed by atoms with E-state index in [0.29, 0.717) is 22.6 Å². The first-order valence-corrected chi connectivity index (χ1v) is 8.45. The molecule has 0 amide bonds. The number of carbonyl (C=O) groups excluding carboxylic acids is 1. The van der Waals surface area contributed by atoms with E-state index < -0.39 is 5.97 Å². The van der Waals surface area contributed by atoms with Crippen LogP contribution in [-0.2, 0) is 0 Å². The zero-order valence-corrected chi connectivity index (χ0v) is 15.4. The molecule has 3 aromatic carbocycles. The number of ether oxygens (including phenoxy) is 1. The van der Waals surface area contributed by atoms with Gasteiger partial charge < -0.3 is 16.2 Å². The molecule has 11 heteroatoms. The van der Waals surface area contributed by atoms with Gasteiger partial charge in [-0.2, -0.15) is 0 Å². The fourth-order valence-corrected chi connectivity index (χ4v) is 2.60. The Morgan fingerprint density at radius 3 is 2.23 bits per heavy atom. The minimum atomic E-state index is -0.560. The van der Waals surface area contributed by atoms with Crippen LogP contribution in [0.4, 0.5) is 5.69 Å². The normalized spacial score (nSPS) is 11.7. The number of fused-ring (bicyclic) bond motifs is 1. The van der Waals surface area contributed by atoms with Crippen LogP contribution in [0.2, 0.25) is 0 Å². The molecule has 0 saturated heterocycles. The number of nitroso groups, excluding NO2 is 2. The van der Waals surface area contributed by atoms with Crippen LogP contribution in [0, 0.1) is 9.81 Å². The molecule has 0 unspecified atom stereocenters. The van der Waals surface area contributed by atoms with Crippen LogP contribution in [0.1, 0.15) is 15.9 Å². The van der Waals surface area contributed by atoms with Gasteiger partial charge in [0.25, 0.3) is 0 Å². The highest BCUT2D eigenvalue weighted by Gasteiger charge is 2.10.